The molecule has 28 heavy (non-hydrogen) atoms. The highest BCUT2D eigenvalue weighted by molar-refractivity contribution is 5.93. The van der Waals surface area contributed by atoms with Gasteiger partial charge < -0.3 is 14.8 Å². The fraction of sp³-hybridized carbons (Fsp3) is 0.455. The van der Waals surface area contributed by atoms with E-state index in [1.807, 2.05) is 24.3 Å². The molecule has 1 N–H and O–H groups in total. The Balaban J connectivity index is 1.51. The predicted octanol–water partition coefficient (Wildman–Crippen LogP) is 2.96. The Bertz CT molecular complexity index is 806. The van der Waals surface area contributed by atoms with Crippen molar-refractivity contribution >= 4 is 11.6 Å². The minimum atomic E-state index is -0.0535. The fourth-order valence-electron chi connectivity index (χ4n) is 4.53. The van der Waals surface area contributed by atoms with Crippen LogP contribution in [0.2, 0.25) is 0 Å². The maximum absolute atomic E-state index is 13.2. The zero-order valence-electron chi connectivity index (χ0n) is 16.3. The summed E-state index contributed by atoms with van der Waals surface area (Å²) in [5, 5.41) is 3.07. The molecule has 2 saturated heterocycles. The van der Waals surface area contributed by atoms with Crippen LogP contribution in [0.1, 0.15) is 18.4 Å². The average Bonchev–Trinajstić information content (AvgIpc) is 3.06. The van der Waals surface area contributed by atoms with E-state index < -0.39 is 0 Å². The van der Waals surface area contributed by atoms with E-state index in [9.17, 15) is 4.79 Å². The third-order valence-corrected chi connectivity index (χ3v) is 5.99. The van der Waals surface area contributed by atoms with Crippen LogP contribution in [0.5, 0.6) is 5.75 Å². The van der Waals surface area contributed by atoms with Crippen LogP contribution >= 0.6 is 0 Å². The van der Waals surface area contributed by atoms with Crippen molar-refractivity contribution in [1.82, 2.24) is 9.88 Å². The van der Waals surface area contributed by atoms with E-state index in [4.69, 9.17) is 9.47 Å². The van der Waals surface area contributed by atoms with Gasteiger partial charge in [-0.1, -0.05) is 12.1 Å². The van der Waals surface area contributed by atoms with Gasteiger partial charge in [0.1, 0.15) is 5.75 Å². The normalized spacial score (nSPS) is 21.5. The summed E-state index contributed by atoms with van der Waals surface area (Å²) >= 11 is 0. The van der Waals surface area contributed by atoms with Crippen LogP contribution in [-0.2, 0) is 16.1 Å². The van der Waals surface area contributed by atoms with Gasteiger partial charge in [-0.3, -0.25) is 14.7 Å². The lowest BCUT2D eigenvalue weighted by Crippen LogP contribution is -2.42. The summed E-state index contributed by atoms with van der Waals surface area (Å²) in [7, 11) is 1.69. The number of carbonyl (C=O) groups excluding carboxylic acids is 1. The number of rotatable bonds is 5. The van der Waals surface area contributed by atoms with Gasteiger partial charge in [0, 0.05) is 44.5 Å². The monoisotopic (exact) mass is 381 g/mol. The molecule has 148 valence electrons. The summed E-state index contributed by atoms with van der Waals surface area (Å²) in [6, 6.07) is 11.9. The number of nitrogens with zero attached hydrogens (tertiary/aromatic N) is 2. The first-order valence-electron chi connectivity index (χ1n) is 9.82. The summed E-state index contributed by atoms with van der Waals surface area (Å²) in [5.74, 6) is 0.897. The molecule has 0 radical (unpaired) electrons. The molecule has 1 spiro atoms. The quantitative estimate of drug-likeness (QED) is 0.863. The highest BCUT2D eigenvalue weighted by Crippen LogP contribution is 2.45. The number of carbonyl (C=O) groups is 1. The summed E-state index contributed by atoms with van der Waals surface area (Å²) in [5.41, 5.74) is 1.93. The van der Waals surface area contributed by atoms with Crippen molar-refractivity contribution < 1.29 is 14.3 Å². The number of ether oxygens (including phenoxy) is 2. The zero-order valence-corrected chi connectivity index (χ0v) is 16.3. The van der Waals surface area contributed by atoms with Gasteiger partial charge in [0.05, 0.1) is 24.9 Å². The Morgan fingerprint density at radius 3 is 2.93 bits per heavy atom. The largest absolute Gasteiger partial charge is 0.497 e. The molecule has 0 saturated carbocycles. The van der Waals surface area contributed by atoms with Crippen molar-refractivity contribution in [2.45, 2.75) is 19.4 Å². The highest BCUT2D eigenvalue weighted by atomic mass is 16.5. The van der Waals surface area contributed by atoms with E-state index in [0.29, 0.717) is 0 Å². The second-order valence-corrected chi connectivity index (χ2v) is 7.78. The molecule has 2 aliphatic rings. The molecule has 1 aromatic heterocycles. The van der Waals surface area contributed by atoms with Crippen molar-refractivity contribution in [3.05, 3.63) is 54.4 Å². The van der Waals surface area contributed by atoms with Crippen molar-refractivity contribution in [3.63, 3.8) is 0 Å². The van der Waals surface area contributed by atoms with Gasteiger partial charge >= 0.3 is 0 Å². The first-order chi connectivity index (χ1) is 13.7. The number of likely N-dealkylation sites (tertiary alicyclic amines) is 1. The zero-order chi connectivity index (χ0) is 19.4. The lowest BCUT2D eigenvalue weighted by atomic mass is 9.71. The van der Waals surface area contributed by atoms with Crippen LogP contribution in [0.4, 0.5) is 5.69 Å². The van der Waals surface area contributed by atoms with E-state index in [1.54, 1.807) is 19.5 Å². The number of aromatic nitrogens is 1. The number of pyridine rings is 1. The maximum atomic E-state index is 13.2. The third kappa shape index (κ3) is 4.03. The van der Waals surface area contributed by atoms with E-state index in [-0.39, 0.29) is 17.2 Å². The van der Waals surface area contributed by atoms with Crippen LogP contribution in [0.3, 0.4) is 0 Å². The number of methoxy groups -OCH3 is 1. The second kappa shape index (κ2) is 8.29. The van der Waals surface area contributed by atoms with Gasteiger partial charge in [-0.25, -0.2) is 0 Å². The molecule has 2 aromatic rings. The van der Waals surface area contributed by atoms with E-state index in [2.05, 4.69) is 27.3 Å². The lowest BCUT2D eigenvalue weighted by molar-refractivity contribution is -0.124. The van der Waals surface area contributed by atoms with Gasteiger partial charge in [-0.15, -0.1) is 0 Å². The molecule has 2 aliphatic heterocycles. The molecule has 1 amide bonds. The van der Waals surface area contributed by atoms with Crippen LogP contribution in [0.25, 0.3) is 0 Å². The summed E-state index contributed by atoms with van der Waals surface area (Å²) in [6.07, 6.45) is 5.25. The van der Waals surface area contributed by atoms with Crippen molar-refractivity contribution in [3.8, 4) is 5.75 Å². The van der Waals surface area contributed by atoms with Gasteiger partial charge in [-0.2, -0.15) is 0 Å². The highest BCUT2D eigenvalue weighted by Gasteiger charge is 2.50. The first-order valence-corrected chi connectivity index (χ1v) is 9.82. The Morgan fingerprint density at radius 2 is 2.18 bits per heavy atom. The summed E-state index contributed by atoms with van der Waals surface area (Å²) < 4.78 is 11.0. The van der Waals surface area contributed by atoms with E-state index >= 15 is 0 Å². The number of benzene rings is 1. The molecule has 1 unspecified atom stereocenters. The number of anilines is 1. The minimum Gasteiger partial charge on any atom is -0.497 e. The van der Waals surface area contributed by atoms with Gasteiger partial charge in [0.2, 0.25) is 5.91 Å². The second-order valence-electron chi connectivity index (χ2n) is 7.78. The number of nitrogens with one attached hydrogen (secondary N) is 1. The molecule has 0 bridgehead atoms. The number of hydrogen-bond donors (Lipinski definition) is 1. The average molecular weight is 381 g/mol. The molecule has 3 heterocycles. The van der Waals surface area contributed by atoms with Gasteiger partial charge in [-0.05, 0) is 42.7 Å². The molecule has 2 fully saturated rings. The van der Waals surface area contributed by atoms with Crippen LogP contribution in [0, 0.1) is 11.3 Å². The molecule has 1 aromatic carbocycles. The van der Waals surface area contributed by atoms with Crippen molar-refractivity contribution in [2.75, 3.05) is 38.7 Å². The van der Waals surface area contributed by atoms with Crippen LogP contribution in [0.15, 0.2) is 48.8 Å². The number of amides is 1. The topological polar surface area (TPSA) is 63.7 Å². The van der Waals surface area contributed by atoms with Crippen LogP contribution < -0.4 is 10.1 Å². The molecule has 1 atom stereocenters. The smallest absolute Gasteiger partial charge is 0.229 e. The summed E-state index contributed by atoms with van der Waals surface area (Å²) in [6.45, 7) is 3.94. The lowest BCUT2D eigenvalue weighted by Gasteiger charge is -2.37. The molecule has 0 aliphatic carbocycles. The molecule has 6 nitrogen and oxygen atoms in total. The van der Waals surface area contributed by atoms with E-state index in [0.717, 1.165) is 57.1 Å². The van der Waals surface area contributed by atoms with Crippen molar-refractivity contribution in [1.29, 1.82) is 0 Å². The fourth-order valence-corrected chi connectivity index (χ4v) is 4.53. The number of hydrogen-bond acceptors (Lipinski definition) is 5. The van der Waals surface area contributed by atoms with Gasteiger partial charge in [0.15, 0.2) is 0 Å². The predicted molar refractivity (Wildman–Crippen MR) is 107 cm³/mol. The molecule has 6 heteroatoms. The van der Waals surface area contributed by atoms with Gasteiger partial charge in [0.25, 0.3) is 0 Å². The molecular formula is C22H27N3O3. The van der Waals surface area contributed by atoms with Crippen molar-refractivity contribution in [2.24, 2.45) is 11.3 Å². The Hall–Kier alpha value is -2.44. The van der Waals surface area contributed by atoms with Crippen LogP contribution in [-0.4, -0.2) is 49.2 Å². The maximum Gasteiger partial charge on any atom is 0.229 e. The third-order valence-electron chi connectivity index (χ3n) is 5.99. The first kappa shape index (κ1) is 18.9. The summed E-state index contributed by atoms with van der Waals surface area (Å²) in [4.78, 5) is 19.7. The molecular weight excluding hydrogens is 354 g/mol. The Morgan fingerprint density at radius 1 is 1.32 bits per heavy atom. The minimum absolute atomic E-state index is 0.0244. The standard InChI is InChI=1S/C22H27N3O3/c1-27-19-6-2-4-17(12-19)14-25-15-20(22(16-25)7-10-28-11-8-22)21(26)24-18-5-3-9-23-13-18/h2-6,9,12-13,20H,7-8,10-11,14-16H2,1H3,(H,24,26). The van der Waals surface area contributed by atoms with E-state index in [1.165, 1.54) is 5.56 Å². The Kier molecular flexibility index (Phi) is 5.59. The molecule has 4 rings (SSSR count). The Labute approximate surface area is 165 Å². The SMILES string of the molecule is COc1cccc(CN2CC(C(=O)Nc3cccnc3)C3(CCOCC3)C2)c1.